The molecule has 0 unspecified atom stereocenters. The molecule has 1 amide bonds. The second kappa shape index (κ2) is 7.07. The molecule has 1 aliphatic rings. The van der Waals surface area contributed by atoms with Gasteiger partial charge >= 0.3 is 0 Å². The van der Waals surface area contributed by atoms with Crippen LogP contribution in [0.2, 0.25) is 0 Å². The van der Waals surface area contributed by atoms with Gasteiger partial charge in [0.05, 0.1) is 6.54 Å². The molecule has 4 rings (SSSR count). The van der Waals surface area contributed by atoms with Crippen LogP contribution in [0.1, 0.15) is 25.0 Å². The smallest absolute Gasteiger partial charge is 0.254 e. The number of carbonyl (C=O) groups is 1. The summed E-state index contributed by atoms with van der Waals surface area (Å²) in [6, 6.07) is 5.62. The number of anilines is 1. The zero-order chi connectivity index (χ0) is 17.9. The summed E-state index contributed by atoms with van der Waals surface area (Å²) in [4.78, 5) is 27.4. The van der Waals surface area contributed by atoms with Gasteiger partial charge in [0.25, 0.3) is 5.78 Å². The number of likely N-dealkylation sites (tertiary alicyclic amines) is 1. The minimum atomic E-state index is 0.111. The third-order valence-corrected chi connectivity index (χ3v) is 4.49. The third kappa shape index (κ3) is 3.35. The van der Waals surface area contributed by atoms with E-state index in [0.29, 0.717) is 17.4 Å². The molecule has 8 heteroatoms. The lowest BCUT2D eigenvalue weighted by Crippen LogP contribution is -2.39. The average Bonchev–Trinajstić information content (AvgIpc) is 3.11. The molecule has 1 saturated heterocycles. The Hall–Kier alpha value is -3.03. The molecule has 1 N–H and O–H groups in total. The molecule has 0 saturated carbocycles. The minimum Gasteiger partial charge on any atom is -0.361 e. The van der Waals surface area contributed by atoms with Crippen molar-refractivity contribution in [3.63, 3.8) is 0 Å². The number of amides is 1. The van der Waals surface area contributed by atoms with Crippen molar-refractivity contribution in [2.24, 2.45) is 0 Å². The number of pyridine rings is 1. The van der Waals surface area contributed by atoms with Crippen LogP contribution < -0.4 is 5.32 Å². The standard InChI is InChI=1S/C18H21N7O/c1-13-10-15(20-12-16(26)24-8-3-2-4-9-24)25-18(21-13)22-17(23-25)14-6-5-7-19-11-14/h5-7,10-11,20H,2-4,8-9,12H2,1H3. The lowest BCUT2D eigenvalue weighted by molar-refractivity contribution is -0.130. The fourth-order valence-electron chi connectivity index (χ4n) is 3.15. The Bertz CT molecular complexity index is 916. The van der Waals surface area contributed by atoms with E-state index in [1.807, 2.05) is 30.0 Å². The third-order valence-electron chi connectivity index (χ3n) is 4.49. The Labute approximate surface area is 151 Å². The number of hydrogen-bond acceptors (Lipinski definition) is 6. The maximum absolute atomic E-state index is 12.4. The first-order valence-corrected chi connectivity index (χ1v) is 8.87. The predicted molar refractivity (Wildman–Crippen MR) is 97.7 cm³/mol. The first-order chi connectivity index (χ1) is 12.7. The van der Waals surface area contributed by atoms with Crippen LogP contribution in [0.5, 0.6) is 0 Å². The molecule has 0 atom stereocenters. The zero-order valence-corrected chi connectivity index (χ0v) is 14.7. The van der Waals surface area contributed by atoms with Crippen molar-refractivity contribution in [1.82, 2.24) is 29.5 Å². The van der Waals surface area contributed by atoms with E-state index < -0.39 is 0 Å². The highest BCUT2D eigenvalue weighted by Gasteiger charge is 2.17. The topological polar surface area (TPSA) is 88.3 Å². The first-order valence-electron chi connectivity index (χ1n) is 8.87. The lowest BCUT2D eigenvalue weighted by atomic mass is 10.1. The Kier molecular flexibility index (Phi) is 4.47. The van der Waals surface area contributed by atoms with Gasteiger partial charge in [-0.1, -0.05) is 0 Å². The Balaban J connectivity index is 1.58. The summed E-state index contributed by atoms with van der Waals surface area (Å²) in [6.45, 7) is 3.83. The van der Waals surface area contributed by atoms with E-state index in [4.69, 9.17) is 0 Å². The Morgan fingerprint density at radius 3 is 2.85 bits per heavy atom. The van der Waals surface area contributed by atoms with Crippen LogP contribution in [0.3, 0.4) is 0 Å². The lowest BCUT2D eigenvalue weighted by Gasteiger charge is -2.26. The summed E-state index contributed by atoms with van der Waals surface area (Å²) >= 11 is 0. The maximum atomic E-state index is 12.4. The van der Waals surface area contributed by atoms with E-state index in [2.05, 4.69) is 25.4 Å². The van der Waals surface area contributed by atoms with E-state index in [9.17, 15) is 4.79 Å². The molecule has 0 aromatic carbocycles. The van der Waals surface area contributed by atoms with Crippen molar-refractivity contribution in [2.75, 3.05) is 25.0 Å². The van der Waals surface area contributed by atoms with Crippen molar-refractivity contribution in [2.45, 2.75) is 26.2 Å². The normalized spacial score (nSPS) is 14.6. The monoisotopic (exact) mass is 351 g/mol. The van der Waals surface area contributed by atoms with Crippen LogP contribution in [0.15, 0.2) is 30.6 Å². The number of nitrogens with one attached hydrogen (secondary N) is 1. The number of piperidine rings is 1. The molecule has 0 spiro atoms. The molecule has 0 bridgehead atoms. The van der Waals surface area contributed by atoms with Gasteiger partial charge in [0.1, 0.15) is 5.82 Å². The number of hydrogen-bond donors (Lipinski definition) is 1. The molecule has 1 aliphatic heterocycles. The number of nitrogens with zero attached hydrogens (tertiary/aromatic N) is 6. The molecule has 0 aliphatic carbocycles. The van der Waals surface area contributed by atoms with Crippen LogP contribution >= 0.6 is 0 Å². The summed E-state index contributed by atoms with van der Waals surface area (Å²) in [5, 5.41) is 7.73. The van der Waals surface area contributed by atoms with E-state index in [0.717, 1.165) is 37.2 Å². The highest BCUT2D eigenvalue weighted by atomic mass is 16.2. The fourth-order valence-corrected chi connectivity index (χ4v) is 3.15. The van der Waals surface area contributed by atoms with Crippen molar-refractivity contribution in [3.05, 3.63) is 36.3 Å². The predicted octanol–water partition coefficient (Wildman–Crippen LogP) is 1.92. The quantitative estimate of drug-likeness (QED) is 0.772. The molecule has 1 fully saturated rings. The molecule has 3 aromatic heterocycles. The number of rotatable bonds is 4. The largest absolute Gasteiger partial charge is 0.361 e. The van der Waals surface area contributed by atoms with Crippen LogP contribution in [0.4, 0.5) is 5.82 Å². The Morgan fingerprint density at radius 1 is 1.23 bits per heavy atom. The second-order valence-corrected chi connectivity index (χ2v) is 6.47. The van der Waals surface area contributed by atoms with Gasteiger partial charge in [0.15, 0.2) is 5.82 Å². The van der Waals surface area contributed by atoms with Gasteiger partial charge in [0, 0.05) is 42.8 Å². The van der Waals surface area contributed by atoms with Crippen molar-refractivity contribution in [3.8, 4) is 11.4 Å². The minimum absolute atomic E-state index is 0.111. The number of carbonyl (C=O) groups excluding carboxylic acids is 1. The summed E-state index contributed by atoms with van der Waals surface area (Å²) in [6.07, 6.45) is 6.80. The second-order valence-electron chi connectivity index (χ2n) is 6.47. The van der Waals surface area contributed by atoms with Crippen molar-refractivity contribution in [1.29, 1.82) is 0 Å². The van der Waals surface area contributed by atoms with Gasteiger partial charge in [0.2, 0.25) is 5.91 Å². The highest BCUT2D eigenvalue weighted by Crippen LogP contribution is 2.18. The molecule has 3 aromatic rings. The van der Waals surface area contributed by atoms with E-state index in [-0.39, 0.29) is 12.5 Å². The van der Waals surface area contributed by atoms with Gasteiger partial charge < -0.3 is 10.2 Å². The average molecular weight is 351 g/mol. The fraction of sp³-hybridized carbons (Fsp3) is 0.389. The SMILES string of the molecule is Cc1cc(NCC(=O)N2CCCCC2)n2nc(-c3cccnc3)nc2n1. The number of fused-ring (bicyclic) bond motifs is 1. The summed E-state index contributed by atoms with van der Waals surface area (Å²) in [5.41, 5.74) is 1.64. The molecule has 0 radical (unpaired) electrons. The molecule has 4 heterocycles. The maximum Gasteiger partial charge on any atom is 0.254 e. The van der Waals surface area contributed by atoms with E-state index in [1.54, 1.807) is 16.9 Å². The highest BCUT2D eigenvalue weighted by molar-refractivity contribution is 5.80. The van der Waals surface area contributed by atoms with Gasteiger partial charge in [-0.05, 0) is 38.3 Å². The molecule has 8 nitrogen and oxygen atoms in total. The van der Waals surface area contributed by atoms with E-state index in [1.165, 1.54) is 6.42 Å². The molecular weight excluding hydrogens is 330 g/mol. The summed E-state index contributed by atoms with van der Waals surface area (Å²) < 4.78 is 1.64. The van der Waals surface area contributed by atoms with Gasteiger partial charge in [-0.2, -0.15) is 9.50 Å². The molecule has 134 valence electrons. The van der Waals surface area contributed by atoms with Crippen molar-refractivity contribution < 1.29 is 4.79 Å². The van der Waals surface area contributed by atoms with Gasteiger partial charge in [-0.15, -0.1) is 5.10 Å². The van der Waals surface area contributed by atoms with Gasteiger partial charge in [-0.3, -0.25) is 9.78 Å². The van der Waals surface area contributed by atoms with Crippen molar-refractivity contribution >= 4 is 17.5 Å². The van der Waals surface area contributed by atoms with Crippen LogP contribution in [0.25, 0.3) is 17.2 Å². The van der Waals surface area contributed by atoms with Crippen LogP contribution in [-0.4, -0.2) is 55.0 Å². The summed E-state index contributed by atoms with van der Waals surface area (Å²) in [5.74, 6) is 1.87. The van der Waals surface area contributed by atoms with Crippen LogP contribution in [-0.2, 0) is 4.79 Å². The van der Waals surface area contributed by atoms with Crippen LogP contribution in [0, 0.1) is 6.92 Å². The zero-order valence-electron chi connectivity index (χ0n) is 14.7. The summed E-state index contributed by atoms with van der Waals surface area (Å²) in [7, 11) is 0. The number of aromatic nitrogens is 5. The number of aryl methyl sites for hydroxylation is 1. The van der Waals surface area contributed by atoms with E-state index >= 15 is 0 Å². The van der Waals surface area contributed by atoms with Gasteiger partial charge in [-0.25, -0.2) is 4.98 Å². The first kappa shape index (κ1) is 16.4. The molecular formula is C18H21N7O. The molecule has 26 heavy (non-hydrogen) atoms. The Morgan fingerprint density at radius 2 is 2.08 bits per heavy atom.